The van der Waals surface area contributed by atoms with Crippen molar-refractivity contribution in [2.24, 2.45) is 5.10 Å². The molecule has 4 aromatic rings. The molecule has 0 N–H and O–H groups in total. The SMILES string of the molecule is Cc1ccccc1OCCn1c(C)c(/C=N\n2cnnc2)c2ccccc21. The molecule has 0 aliphatic carbocycles. The molecule has 0 aliphatic rings. The Morgan fingerprint density at radius 2 is 1.74 bits per heavy atom. The van der Waals surface area contributed by atoms with Crippen LogP contribution in [0.25, 0.3) is 10.9 Å². The van der Waals surface area contributed by atoms with Gasteiger partial charge in [0.15, 0.2) is 0 Å². The zero-order chi connectivity index (χ0) is 18.6. The predicted octanol–water partition coefficient (Wildman–Crippen LogP) is 3.81. The lowest BCUT2D eigenvalue weighted by atomic mass is 10.1. The van der Waals surface area contributed by atoms with Crippen LogP contribution >= 0.6 is 0 Å². The molecule has 0 radical (unpaired) electrons. The summed E-state index contributed by atoms with van der Waals surface area (Å²) in [5, 5.41) is 13.1. The standard InChI is InChI=1S/C21H21N5O/c1-16-7-3-6-10-21(16)27-12-11-26-17(2)19(13-24-25-14-22-23-15-25)18-8-4-5-9-20(18)26/h3-10,13-15H,11-12H2,1-2H3/b24-13-. The molecular formula is C21H21N5O. The van der Waals surface area contributed by atoms with E-state index >= 15 is 0 Å². The highest BCUT2D eigenvalue weighted by atomic mass is 16.5. The average molecular weight is 359 g/mol. The summed E-state index contributed by atoms with van der Waals surface area (Å²) in [6.45, 7) is 5.54. The molecule has 2 heterocycles. The highest BCUT2D eigenvalue weighted by Gasteiger charge is 2.12. The quantitative estimate of drug-likeness (QED) is 0.492. The maximum absolute atomic E-state index is 6.00. The summed E-state index contributed by atoms with van der Waals surface area (Å²) in [4.78, 5) is 0. The molecular weight excluding hydrogens is 338 g/mol. The first-order valence-electron chi connectivity index (χ1n) is 8.89. The van der Waals surface area contributed by atoms with Gasteiger partial charge >= 0.3 is 0 Å². The van der Waals surface area contributed by atoms with E-state index in [4.69, 9.17) is 4.74 Å². The number of rotatable bonds is 6. The van der Waals surface area contributed by atoms with Crippen molar-refractivity contribution in [1.29, 1.82) is 0 Å². The lowest BCUT2D eigenvalue weighted by molar-refractivity contribution is 0.297. The number of fused-ring (bicyclic) bond motifs is 1. The number of aryl methyl sites for hydroxylation is 1. The average Bonchev–Trinajstić information content (AvgIpc) is 3.29. The lowest BCUT2D eigenvalue weighted by Gasteiger charge is -2.12. The molecule has 2 aromatic carbocycles. The third kappa shape index (κ3) is 3.46. The molecule has 6 heteroatoms. The minimum atomic E-state index is 0.604. The maximum atomic E-state index is 6.00. The van der Waals surface area contributed by atoms with Gasteiger partial charge in [-0.05, 0) is 31.5 Å². The fourth-order valence-electron chi connectivity index (χ4n) is 3.25. The van der Waals surface area contributed by atoms with Crippen LogP contribution in [0.5, 0.6) is 5.75 Å². The number of aromatic nitrogens is 4. The monoisotopic (exact) mass is 359 g/mol. The van der Waals surface area contributed by atoms with Crippen LogP contribution < -0.4 is 4.74 Å². The number of benzene rings is 2. The van der Waals surface area contributed by atoms with Gasteiger partial charge in [-0.25, -0.2) is 4.68 Å². The van der Waals surface area contributed by atoms with Gasteiger partial charge < -0.3 is 9.30 Å². The van der Waals surface area contributed by atoms with Crippen LogP contribution in [-0.2, 0) is 6.54 Å². The highest BCUT2D eigenvalue weighted by molar-refractivity contribution is 6.01. The smallest absolute Gasteiger partial charge is 0.141 e. The van der Waals surface area contributed by atoms with Crippen molar-refractivity contribution < 1.29 is 4.74 Å². The van der Waals surface area contributed by atoms with Gasteiger partial charge in [0.05, 0.1) is 12.8 Å². The minimum Gasteiger partial charge on any atom is -0.491 e. The van der Waals surface area contributed by atoms with E-state index in [1.807, 2.05) is 30.5 Å². The Morgan fingerprint density at radius 3 is 2.56 bits per heavy atom. The van der Waals surface area contributed by atoms with Gasteiger partial charge in [-0.1, -0.05) is 36.4 Å². The number of para-hydroxylation sites is 2. The first-order chi connectivity index (χ1) is 13.2. The summed E-state index contributed by atoms with van der Waals surface area (Å²) >= 11 is 0. The van der Waals surface area contributed by atoms with Gasteiger partial charge in [-0.15, -0.1) is 10.2 Å². The molecule has 27 heavy (non-hydrogen) atoms. The zero-order valence-corrected chi connectivity index (χ0v) is 15.4. The molecule has 0 spiro atoms. The van der Waals surface area contributed by atoms with Crippen molar-refractivity contribution in [3.05, 3.63) is 78.0 Å². The largest absolute Gasteiger partial charge is 0.491 e. The Hall–Kier alpha value is -3.41. The van der Waals surface area contributed by atoms with Crippen LogP contribution in [-0.4, -0.2) is 32.3 Å². The van der Waals surface area contributed by atoms with Crippen LogP contribution in [0.15, 0.2) is 66.3 Å². The Bertz CT molecular complexity index is 1080. The molecule has 4 rings (SSSR count). The third-order valence-corrected chi connectivity index (χ3v) is 4.67. The number of ether oxygens (including phenoxy) is 1. The van der Waals surface area contributed by atoms with Crippen molar-refractivity contribution in [2.45, 2.75) is 20.4 Å². The van der Waals surface area contributed by atoms with Crippen LogP contribution in [0.1, 0.15) is 16.8 Å². The summed E-state index contributed by atoms with van der Waals surface area (Å²) in [7, 11) is 0. The molecule has 0 saturated heterocycles. The second kappa shape index (κ2) is 7.45. The van der Waals surface area contributed by atoms with E-state index in [9.17, 15) is 0 Å². The molecule has 6 nitrogen and oxygen atoms in total. The Morgan fingerprint density at radius 1 is 1.00 bits per heavy atom. The fourth-order valence-corrected chi connectivity index (χ4v) is 3.25. The van der Waals surface area contributed by atoms with Gasteiger partial charge in [0.1, 0.15) is 25.0 Å². The van der Waals surface area contributed by atoms with Gasteiger partial charge in [0.25, 0.3) is 0 Å². The summed E-state index contributed by atoms with van der Waals surface area (Å²) in [6, 6.07) is 16.4. The van der Waals surface area contributed by atoms with E-state index in [1.54, 1.807) is 17.3 Å². The normalized spacial score (nSPS) is 11.5. The van der Waals surface area contributed by atoms with Crippen molar-refractivity contribution in [3.8, 4) is 5.75 Å². The minimum absolute atomic E-state index is 0.604. The summed E-state index contributed by atoms with van der Waals surface area (Å²) in [5.41, 5.74) is 4.57. The molecule has 2 aromatic heterocycles. The van der Waals surface area contributed by atoms with Crippen LogP contribution in [0, 0.1) is 13.8 Å². The first kappa shape index (κ1) is 17.0. The zero-order valence-electron chi connectivity index (χ0n) is 15.4. The summed E-state index contributed by atoms with van der Waals surface area (Å²) in [5.74, 6) is 0.931. The predicted molar refractivity (Wildman–Crippen MR) is 106 cm³/mol. The second-order valence-corrected chi connectivity index (χ2v) is 6.37. The van der Waals surface area contributed by atoms with Gasteiger partial charge in [0, 0.05) is 22.2 Å². The highest BCUT2D eigenvalue weighted by Crippen LogP contribution is 2.25. The molecule has 0 fully saturated rings. The number of hydrogen-bond donors (Lipinski definition) is 0. The molecule has 0 unspecified atom stereocenters. The van der Waals surface area contributed by atoms with E-state index in [-0.39, 0.29) is 0 Å². The first-order valence-corrected chi connectivity index (χ1v) is 8.89. The summed E-state index contributed by atoms with van der Waals surface area (Å²) < 4.78 is 9.87. The molecule has 136 valence electrons. The van der Waals surface area contributed by atoms with Crippen molar-refractivity contribution in [1.82, 2.24) is 19.4 Å². The van der Waals surface area contributed by atoms with Crippen LogP contribution in [0.2, 0.25) is 0 Å². The molecule has 0 saturated carbocycles. The van der Waals surface area contributed by atoms with Gasteiger partial charge in [-0.2, -0.15) is 5.10 Å². The van der Waals surface area contributed by atoms with Crippen LogP contribution in [0.3, 0.4) is 0 Å². The van der Waals surface area contributed by atoms with Crippen LogP contribution in [0.4, 0.5) is 0 Å². The number of hydrogen-bond acceptors (Lipinski definition) is 4. The van der Waals surface area contributed by atoms with E-state index in [0.29, 0.717) is 6.61 Å². The maximum Gasteiger partial charge on any atom is 0.141 e. The Kier molecular flexibility index (Phi) is 4.70. The topological polar surface area (TPSA) is 57.2 Å². The van der Waals surface area contributed by atoms with Gasteiger partial charge in [0.2, 0.25) is 0 Å². The van der Waals surface area contributed by atoms with E-state index < -0.39 is 0 Å². The van der Waals surface area contributed by atoms with E-state index in [2.05, 4.69) is 58.0 Å². The Balaban J connectivity index is 1.61. The Labute approximate surface area is 157 Å². The summed E-state index contributed by atoms with van der Waals surface area (Å²) in [6.07, 6.45) is 5.00. The molecule has 0 atom stereocenters. The third-order valence-electron chi connectivity index (χ3n) is 4.67. The van der Waals surface area contributed by atoms with E-state index in [1.165, 1.54) is 10.9 Å². The molecule has 0 bridgehead atoms. The second-order valence-electron chi connectivity index (χ2n) is 6.37. The van der Waals surface area contributed by atoms with Crippen molar-refractivity contribution >= 4 is 17.1 Å². The lowest BCUT2D eigenvalue weighted by Crippen LogP contribution is -2.10. The number of nitrogens with zero attached hydrogens (tertiary/aromatic N) is 5. The van der Waals surface area contributed by atoms with Crippen molar-refractivity contribution in [2.75, 3.05) is 6.61 Å². The van der Waals surface area contributed by atoms with E-state index in [0.717, 1.165) is 29.1 Å². The molecule has 0 aliphatic heterocycles. The van der Waals surface area contributed by atoms with Crippen molar-refractivity contribution in [3.63, 3.8) is 0 Å². The molecule has 0 amide bonds. The van der Waals surface area contributed by atoms with Gasteiger partial charge in [-0.3, -0.25) is 0 Å². The fraction of sp³-hybridized carbons (Fsp3) is 0.190.